The van der Waals surface area contributed by atoms with Gasteiger partial charge < -0.3 is 15.0 Å². The predicted octanol–water partition coefficient (Wildman–Crippen LogP) is 7.23. The van der Waals surface area contributed by atoms with Crippen LogP contribution in [-0.2, 0) is 29.2 Å². The van der Waals surface area contributed by atoms with Crippen LogP contribution < -0.4 is 10.9 Å². The van der Waals surface area contributed by atoms with Crippen LogP contribution in [0.3, 0.4) is 0 Å². The summed E-state index contributed by atoms with van der Waals surface area (Å²) < 4.78 is 130. The Kier molecular flexibility index (Phi) is 8.71. The number of carboxylic acid groups (broad SMARTS) is 1. The van der Waals surface area contributed by atoms with E-state index in [1.54, 1.807) is 0 Å². The van der Waals surface area contributed by atoms with E-state index in [9.17, 15) is 59.0 Å². The van der Waals surface area contributed by atoms with Crippen molar-refractivity contribution in [3.8, 4) is 11.1 Å². The third-order valence-electron chi connectivity index (χ3n) is 10.3. The van der Waals surface area contributed by atoms with Crippen LogP contribution in [0.4, 0.5) is 39.5 Å². The maximum absolute atomic E-state index is 14.7. The smallest absolute Gasteiger partial charge is 0.417 e. The maximum atomic E-state index is 14.7. The van der Waals surface area contributed by atoms with Crippen molar-refractivity contribution in [2.24, 2.45) is 12.5 Å². The van der Waals surface area contributed by atoms with Crippen LogP contribution in [0.15, 0.2) is 65.5 Å². The number of nitrogens with zero attached hydrogens (tertiary/aromatic N) is 2. The highest BCUT2D eigenvalue weighted by atomic mass is 19.4. The van der Waals surface area contributed by atoms with Gasteiger partial charge in [-0.2, -0.15) is 39.5 Å². The maximum Gasteiger partial charge on any atom is 0.417 e. The molecule has 6 rings (SSSR count). The van der Waals surface area contributed by atoms with E-state index >= 15 is 0 Å². The minimum absolute atomic E-state index is 0.0363. The molecule has 2 fully saturated rings. The van der Waals surface area contributed by atoms with Gasteiger partial charge in [0.25, 0.3) is 5.56 Å². The number of amides is 1. The van der Waals surface area contributed by atoms with Crippen molar-refractivity contribution in [2.75, 3.05) is 13.1 Å². The molecule has 0 bridgehead atoms. The largest absolute Gasteiger partial charge is 0.480 e. The predicted molar refractivity (Wildman–Crippen MR) is 168 cm³/mol. The quantitative estimate of drug-likeness (QED) is 0.196. The summed E-state index contributed by atoms with van der Waals surface area (Å²) in [5.74, 6) is -3.42. The van der Waals surface area contributed by atoms with Crippen LogP contribution in [0, 0.1) is 5.41 Å². The number of carbonyl (C=O) groups is 2. The monoisotopic (exact) mass is 727 g/mol. The molecular formula is C35H30F9N3O4. The summed E-state index contributed by atoms with van der Waals surface area (Å²) in [7, 11) is 1.32. The Balaban J connectivity index is 1.35. The number of carboxylic acids is 1. The molecule has 1 saturated heterocycles. The molecule has 0 radical (unpaired) electrons. The first-order chi connectivity index (χ1) is 23.7. The third kappa shape index (κ3) is 6.00. The fourth-order valence-corrected chi connectivity index (χ4v) is 7.38. The molecule has 1 aromatic heterocycles. The molecule has 4 aromatic rings. The number of aliphatic carboxylic acids is 1. The molecule has 1 aliphatic carbocycles. The number of likely N-dealkylation sites (tertiary alicyclic amines) is 1. The SMILES string of the molecule is Cn1c(=O)c(-c2cccc3c(C[C@H](NC(=O)C4(C(F)(F)F)CCN(C5(C(F)(F)F)CC5)CC4)C(=O)O)cccc23)c(C(F)(F)F)c2ccccc21. The average Bonchev–Trinajstić information content (AvgIpc) is 3.88. The number of alkyl halides is 9. The van der Waals surface area contributed by atoms with Crippen LogP contribution in [0.5, 0.6) is 0 Å². The molecule has 3 aromatic carbocycles. The first kappa shape index (κ1) is 36.2. The van der Waals surface area contributed by atoms with Gasteiger partial charge in [0.05, 0.1) is 16.6 Å². The van der Waals surface area contributed by atoms with Gasteiger partial charge in [-0.3, -0.25) is 14.5 Å². The van der Waals surface area contributed by atoms with Gasteiger partial charge >= 0.3 is 24.5 Å². The normalized spacial score (nSPS) is 18.5. The van der Waals surface area contributed by atoms with E-state index in [1.807, 2.05) is 5.32 Å². The summed E-state index contributed by atoms with van der Waals surface area (Å²) in [5.41, 5.74) is -8.16. The Hall–Kier alpha value is -4.60. The van der Waals surface area contributed by atoms with Crippen LogP contribution in [0.2, 0.25) is 0 Å². The van der Waals surface area contributed by atoms with Gasteiger partial charge in [-0.1, -0.05) is 54.6 Å². The third-order valence-corrected chi connectivity index (χ3v) is 10.3. The van der Waals surface area contributed by atoms with Crippen molar-refractivity contribution in [2.45, 2.75) is 62.2 Å². The fourth-order valence-electron chi connectivity index (χ4n) is 7.38. The number of carbonyl (C=O) groups excluding carboxylic acids is 1. The first-order valence-electron chi connectivity index (χ1n) is 15.9. The summed E-state index contributed by atoms with van der Waals surface area (Å²) in [6, 6.07) is 11.8. The van der Waals surface area contributed by atoms with E-state index < -0.39 is 96.4 Å². The van der Waals surface area contributed by atoms with Gasteiger partial charge in [-0.25, -0.2) is 4.79 Å². The zero-order valence-corrected chi connectivity index (χ0v) is 26.8. The zero-order chi connectivity index (χ0) is 37.3. The van der Waals surface area contributed by atoms with E-state index in [0.29, 0.717) is 0 Å². The Morgan fingerprint density at radius 1 is 0.804 bits per heavy atom. The number of hydrogen-bond acceptors (Lipinski definition) is 4. The number of aromatic nitrogens is 1. The number of hydrogen-bond donors (Lipinski definition) is 2. The van der Waals surface area contributed by atoms with Crippen molar-refractivity contribution in [3.05, 3.63) is 82.1 Å². The van der Waals surface area contributed by atoms with Crippen LogP contribution in [0.1, 0.15) is 36.8 Å². The number of aryl methyl sites for hydroxylation is 1. The van der Waals surface area contributed by atoms with Gasteiger partial charge in [-0.05, 0) is 53.6 Å². The number of rotatable bonds is 7. The molecule has 0 spiro atoms. The van der Waals surface area contributed by atoms with Crippen LogP contribution >= 0.6 is 0 Å². The second-order valence-electron chi connectivity index (χ2n) is 13.1. The molecule has 16 heteroatoms. The van der Waals surface area contributed by atoms with Gasteiger partial charge in [0.2, 0.25) is 5.91 Å². The van der Waals surface area contributed by atoms with Crippen molar-refractivity contribution in [3.63, 3.8) is 0 Å². The minimum atomic E-state index is -5.22. The lowest BCUT2D eigenvalue weighted by molar-refractivity contribution is -0.244. The summed E-state index contributed by atoms with van der Waals surface area (Å²) in [6.07, 6.45) is -18.1. The summed E-state index contributed by atoms with van der Waals surface area (Å²) >= 11 is 0. The van der Waals surface area contributed by atoms with Gasteiger partial charge in [0.1, 0.15) is 17.0 Å². The molecular weight excluding hydrogens is 697 g/mol. The fraction of sp³-hybridized carbons (Fsp3) is 0.400. The highest BCUT2D eigenvalue weighted by molar-refractivity contribution is 6.02. The lowest BCUT2D eigenvalue weighted by atomic mass is 9.76. The van der Waals surface area contributed by atoms with E-state index in [0.717, 1.165) is 9.47 Å². The van der Waals surface area contributed by atoms with Crippen molar-refractivity contribution >= 4 is 33.6 Å². The molecule has 272 valence electrons. The number of piperidine rings is 1. The zero-order valence-electron chi connectivity index (χ0n) is 26.8. The number of benzene rings is 3. The van der Waals surface area contributed by atoms with Crippen LogP contribution in [0.25, 0.3) is 32.8 Å². The minimum Gasteiger partial charge on any atom is -0.480 e. The molecule has 1 atom stereocenters. The van der Waals surface area contributed by atoms with E-state index in [4.69, 9.17) is 0 Å². The standard InChI is InChI=1S/C35H30F9N3O4/c1-46-25-11-3-2-7-23(25)27(33(36,37)38)26(28(46)48)22-10-5-8-20-19(6-4-9-21(20)22)18-24(29(49)50)45-30(51)31(34(39,40)41)14-16-47(17-15-31)32(12-13-32)35(42,43)44/h2-11,24H,12-18H2,1H3,(H,45,51)(H,49,50)/t24-/m0/s1. The number of fused-ring (bicyclic) bond motifs is 2. The molecule has 51 heavy (non-hydrogen) atoms. The van der Waals surface area contributed by atoms with Crippen molar-refractivity contribution < 1.29 is 54.2 Å². The molecule has 2 aliphatic rings. The summed E-state index contributed by atoms with van der Waals surface area (Å²) in [5, 5.41) is 12.0. The van der Waals surface area contributed by atoms with Gasteiger partial charge in [-0.15, -0.1) is 0 Å². The number of halogens is 9. The Morgan fingerprint density at radius 2 is 1.39 bits per heavy atom. The molecule has 2 heterocycles. The molecule has 1 amide bonds. The summed E-state index contributed by atoms with van der Waals surface area (Å²) in [6.45, 7) is -1.38. The Morgan fingerprint density at radius 3 is 1.96 bits per heavy atom. The molecule has 2 N–H and O–H groups in total. The second kappa shape index (κ2) is 12.3. The number of pyridine rings is 1. The van der Waals surface area contributed by atoms with E-state index in [-0.39, 0.29) is 45.6 Å². The van der Waals surface area contributed by atoms with E-state index in [1.165, 1.54) is 67.7 Å². The topological polar surface area (TPSA) is 91.6 Å². The van der Waals surface area contributed by atoms with Gasteiger partial charge in [0, 0.05) is 31.9 Å². The summed E-state index contributed by atoms with van der Waals surface area (Å²) in [4.78, 5) is 40.2. The highest BCUT2D eigenvalue weighted by Crippen LogP contribution is 2.57. The molecule has 1 aliphatic heterocycles. The number of para-hydroxylation sites is 1. The lowest BCUT2D eigenvalue weighted by Crippen LogP contribution is -2.61. The average molecular weight is 728 g/mol. The van der Waals surface area contributed by atoms with E-state index in [2.05, 4.69) is 0 Å². The Bertz CT molecular complexity index is 2090. The number of nitrogens with one attached hydrogen (secondary N) is 1. The first-order valence-corrected chi connectivity index (χ1v) is 15.9. The Labute approximate surface area is 283 Å². The second-order valence-corrected chi connectivity index (χ2v) is 13.1. The molecule has 0 unspecified atom stereocenters. The lowest BCUT2D eigenvalue weighted by Gasteiger charge is -2.45. The van der Waals surface area contributed by atoms with Crippen molar-refractivity contribution in [1.82, 2.24) is 14.8 Å². The van der Waals surface area contributed by atoms with Crippen LogP contribution in [-0.4, -0.2) is 63.5 Å². The van der Waals surface area contributed by atoms with Crippen molar-refractivity contribution in [1.29, 1.82) is 0 Å². The highest BCUT2D eigenvalue weighted by Gasteiger charge is 2.69. The van der Waals surface area contributed by atoms with Gasteiger partial charge in [0.15, 0.2) is 0 Å². The molecule has 7 nitrogen and oxygen atoms in total. The molecule has 1 saturated carbocycles.